The Labute approximate surface area is 115 Å². The van der Waals surface area contributed by atoms with Crippen LogP contribution in [-0.2, 0) is 11.3 Å². The smallest absolute Gasteiger partial charge is 0.410 e. The molecule has 0 heterocycles. The average Bonchev–Trinajstić information content (AvgIpc) is 2.35. The van der Waals surface area contributed by atoms with E-state index in [2.05, 4.69) is 0 Å². The summed E-state index contributed by atoms with van der Waals surface area (Å²) in [7, 11) is 0. The number of hydrogen-bond donors (Lipinski definition) is 1. The van der Waals surface area contributed by atoms with Gasteiger partial charge in [0.15, 0.2) is 0 Å². The summed E-state index contributed by atoms with van der Waals surface area (Å²) < 4.78 is 5.26. The van der Waals surface area contributed by atoms with E-state index in [0.29, 0.717) is 6.54 Å². The summed E-state index contributed by atoms with van der Waals surface area (Å²) in [6, 6.07) is 9.55. The lowest BCUT2D eigenvalue weighted by Gasteiger charge is -2.28. The van der Waals surface area contributed by atoms with Gasteiger partial charge in [-0.15, -0.1) is 0 Å². The van der Waals surface area contributed by atoms with Crippen molar-refractivity contribution in [3.63, 3.8) is 0 Å². The van der Waals surface area contributed by atoms with Crippen molar-refractivity contribution >= 4 is 6.09 Å². The zero-order valence-electron chi connectivity index (χ0n) is 11.9. The highest BCUT2D eigenvalue weighted by Gasteiger charge is 2.22. The van der Waals surface area contributed by atoms with Crippen molar-refractivity contribution in [1.29, 1.82) is 0 Å². The number of carbonyl (C=O) groups is 1. The molecule has 4 nitrogen and oxygen atoms in total. The van der Waals surface area contributed by atoms with Crippen molar-refractivity contribution < 1.29 is 14.6 Å². The molecule has 106 valence electrons. The number of amides is 1. The number of carbonyl (C=O) groups excluding carboxylic acids is 1. The first-order valence-electron chi connectivity index (χ1n) is 6.60. The zero-order valence-corrected chi connectivity index (χ0v) is 11.9. The second-order valence-corrected chi connectivity index (χ2v) is 5.27. The molecule has 0 radical (unpaired) electrons. The maximum atomic E-state index is 12.0. The molecule has 1 N–H and O–H groups in total. The van der Waals surface area contributed by atoms with Crippen LogP contribution < -0.4 is 0 Å². The second kappa shape index (κ2) is 7.14. The van der Waals surface area contributed by atoms with Gasteiger partial charge in [0.1, 0.15) is 6.61 Å². The van der Waals surface area contributed by atoms with Crippen molar-refractivity contribution in [1.82, 2.24) is 4.90 Å². The Bertz CT molecular complexity index is 384. The summed E-state index contributed by atoms with van der Waals surface area (Å²) in [6.07, 6.45) is 0.448. The van der Waals surface area contributed by atoms with E-state index in [4.69, 9.17) is 4.74 Å². The van der Waals surface area contributed by atoms with Gasteiger partial charge < -0.3 is 14.7 Å². The number of rotatable bonds is 6. The van der Waals surface area contributed by atoms with Gasteiger partial charge in [-0.25, -0.2) is 4.79 Å². The number of hydrogen-bond acceptors (Lipinski definition) is 3. The molecule has 19 heavy (non-hydrogen) atoms. The largest absolute Gasteiger partial charge is 0.445 e. The normalized spacial score (nSPS) is 11.2. The molecule has 0 saturated carbocycles. The molecule has 1 rings (SSSR count). The Morgan fingerprint density at radius 3 is 2.47 bits per heavy atom. The lowest BCUT2D eigenvalue weighted by molar-refractivity contribution is 0.0260. The Morgan fingerprint density at radius 2 is 1.95 bits per heavy atom. The number of nitrogens with zero attached hydrogens (tertiary/aromatic N) is 1. The Hall–Kier alpha value is -1.55. The molecule has 0 aromatic heterocycles. The van der Waals surface area contributed by atoms with Crippen LogP contribution in [0.3, 0.4) is 0 Å². The SMILES string of the molecule is CCCN(CC(C)(C)O)C(=O)OCc1ccccc1. The molecule has 0 aliphatic heterocycles. The first-order valence-corrected chi connectivity index (χ1v) is 6.60. The third kappa shape index (κ3) is 6.25. The zero-order chi connectivity index (χ0) is 14.3. The van der Waals surface area contributed by atoms with Gasteiger partial charge in [-0.1, -0.05) is 37.3 Å². The molecule has 0 fully saturated rings. The second-order valence-electron chi connectivity index (χ2n) is 5.27. The van der Waals surface area contributed by atoms with E-state index in [1.165, 1.54) is 0 Å². The van der Waals surface area contributed by atoms with Gasteiger partial charge in [-0.3, -0.25) is 0 Å². The van der Waals surface area contributed by atoms with Crippen LogP contribution in [0, 0.1) is 0 Å². The van der Waals surface area contributed by atoms with Crippen molar-refractivity contribution in [2.45, 2.75) is 39.4 Å². The average molecular weight is 265 g/mol. The molecular formula is C15H23NO3. The number of aliphatic hydroxyl groups is 1. The summed E-state index contributed by atoms with van der Waals surface area (Å²) >= 11 is 0. The van der Waals surface area contributed by atoms with E-state index < -0.39 is 5.60 Å². The monoisotopic (exact) mass is 265 g/mol. The number of ether oxygens (including phenoxy) is 1. The van der Waals surface area contributed by atoms with E-state index in [1.54, 1.807) is 18.7 Å². The Morgan fingerprint density at radius 1 is 1.32 bits per heavy atom. The van der Waals surface area contributed by atoms with Gasteiger partial charge >= 0.3 is 6.09 Å². The fourth-order valence-corrected chi connectivity index (χ4v) is 1.78. The summed E-state index contributed by atoms with van der Waals surface area (Å²) in [4.78, 5) is 13.5. The third-order valence-electron chi connectivity index (χ3n) is 2.53. The molecule has 1 amide bonds. The fourth-order valence-electron chi connectivity index (χ4n) is 1.78. The van der Waals surface area contributed by atoms with Crippen LogP contribution in [0.15, 0.2) is 30.3 Å². The standard InChI is InChI=1S/C15H23NO3/c1-4-10-16(12-15(2,3)18)14(17)19-11-13-8-6-5-7-9-13/h5-9,18H,4,10-12H2,1-3H3. The van der Waals surface area contributed by atoms with Gasteiger partial charge in [0.2, 0.25) is 0 Å². The van der Waals surface area contributed by atoms with Crippen molar-refractivity contribution in [3.05, 3.63) is 35.9 Å². The maximum absolute atomic E-state index is 12.0. The van der Waals surface area contributed by atoms with Crippen LogP contribution in [0.4, 0.5) is 4.79 Å². The molecule has 0 aliphatic carbocycles. The van der Waals surface area contributed by atoms with Gasteiger partial charge in [0.25, 0.3) is 0 Å². The molecule has 1 aromatic rings. The minimum absolute atomic E-state index is 0.256. The van der Waals surface area contributed by atoms with E-state index >= 15 is 0 Å². The Kier molecular flexibility index (Phi) is 5.83. The fraction of sp³-hybridized carbons (Fsp3) is 0.533. The minimum atomic E-state index is -0.916. The molecule has 0 bridgehead atoms. The van der Waals surface area contributed by atoms with Crippen molar-refractivity contribution in [2.75, 3.05) is 13.1 Å². The highest BCUT2D eigenvalue weighted by atomic mass is 16.6. The van der Waals surface area contributed by atoms with Crippen LogP contribution in [0.2, 0.25) is 0 Å². The van der Waals surface area contributed by atoms with Gasteiger partial charge in [-0.05, 0) is 25.8 Å². The summed E-state index contributed by atoms with van der Waals surface area (Å²) in [5.74, 6) is 0. The lowest BCUT2D eigenvalue weighted by atomic mass is 10.1. The highest BCUT2D eigenvalue weighted by Crippen LogP contribution is 2.09. The minimum Gasteiger partial charge on any atom is -0.445 e. The van der Waals surface area contributed by atoms with Crippen LogP contribution in [0.5, 0.6) is 0 Å². The Balaban J connectivity index is 2.52. The first kappa shape index (κ1) is 15.5. The first-order chi connectivity index (χ1) is 8.92. The molecule has 0 aliphatic rings. The van der Waals surface area contributed by atoms with Crippen LogP contribution >= 0.6 is 0 Å². The van der Waals surface area contributed by atoms with E-state index in [0.717, 1.165) is 12.0 Å². The van der Waals surface area contributed by atoms with E-state index in [9.17, 15) is 9.90 Å². The van der Waals surface area contributed by atoms with Crippen LogP contribution in [0.25, 0.3) is 0 Å². The number of benzene rings is 1. The lowest BCUT2D eigenvalue weighted by Crippen LogP contribution is -2.42. The third-order valence-corrected chi connectivity index (χ3v) is 2.53. The van der Waals surface area contributed by atoms with Crippen molar-refractivity contribution in [2.24, 2.45) is 0 Å². The van der Waals surface area contributed by atoms with Crippen LogP contribution in [0.1, 0.15) is 32.8 Å². The van der Waals surface area contributed by atoms with Crippen LogP contribution in [-0.4, -0.2) is 34.8 Å². The highest BCUT2D eigenvalue weighted by molar-refractivity contribution is 5.67. The molecule has 0 saturated heterocycles. The van der Waals surface area contributed by atoms with E-state index in [1.807, 2.05) is 37.3 Å². The molecule has 0 spiro atoms. The topological polar surface area (TPSA) is 49.8 Å². The summed E-state index contributed by atoms with van der Waals surface area (Å²) in [5.41, 5.74) is 0.0385. The van der Waals surface area contributed by atoms with Gasteiger partial charge in [0.05, 0.1) is 12.1 Å². The predicted molar refractivity (Wildman–Crippen MR) is 74.8 cm³/mol. The summed E-state index contributed by atoms with van der Waals surface area (Å²) in [6.45, 7) is 6.46. The molecule has 0 atom stereocenters. The van der Waals surface area contributed by atoms with Gasteiger partial charge in [-0.2, -0.15) is 0 Å². The quantitative estimate of drug-likeness (QED) is 0.860. The summed E-state index contributed by atoms with van der Waals surface area (Å²) in [5, 5.41) is 9.80. The molecule has 0 unspecified atom stereocenters. The molecule has 4 heteroatoms. The van der Waals surface area contributed by atoms with E-state index in [-0.39, 0.29) is 19.2 Å². The van der Waals surface area contributed by atoms with Crippen molar-refractivity contribution in [3.8, 4) is 0 Å². The predicted octanol–water partition coefficient (Wildman–Crippen LogP) is 2.81. The van der Waals surface area contributed by atoms with Gasteiger partial charge in [0, 0.05) is 6.54 Å². The molecule has 1 aromatic carbocycles. The molecular weight excluding hydrogens is 242 g/mol. The maximum Gasteiger partial charge on any atom is 0.410 e.